The van der Waals surface area contributed by atoms with Gasteiger partial charge in [0.1, 0.15) is 5.82 Å². The molecule has 0 radical (unpaired) electrons. The van der Waals surface area contributed by atoms with Gasteiger partial charge < -0.3 is 16.0 Å². The van der Waals surface area contributed by atoms with E-state index in [0.29, 0.717) is 17.9 Å². The first kappa shape index (κ1) is 17.6. The molecule has 0 aliphatic heterocycles. The second-order valence-electron chi connectivity index (χ2n) is 6.65. The molecule has 1 aromatic heterocycles. The number of primary amides is 1. The molecule has 4 N–H and O–H groups in total. The second-order valence-corrected chi connectivity index (χ2v) is 6.65. The molecule has 4 aromatic rings. The summed E-state index contributed by atoms with van der Waals surface area (Å²) in [5.74, 6) is -0.144. The van der Waals surface area contributed by atoms with Gasteiger partial charge in [0.25, 0.3) is 5.91 Å². The Morgan fingerprint density at radius 2 is 1.25 bits per heavy atom. The van der Waals surface area contributed by atoms with E-state index in [1.165, 1.54) is 0 Å². The van der Waals surface area contributed by atoms with Crippen LogP contribution in [-0.2, 0) is 6.54 Å². The SMILES string of the molecule is NC(=O)c1c(-c2ccccc2)c(-c2ccccc2)n(Cc2ccccc2)c1N. The molecule has 0 atom stereocenters. The first-order chi connectivity index (χ1) is 13.7. The fourth-order valence-electron chi connectivity index (χ4n) is 3.60. The van der Waals surface area contributed by atoms with Crippen LogP contribution in [0.2, 0.25) is 0 Å². The van der Waals surface area contributed by atoms with E-state index >= 15 is 0 Å². The number of nitrogen functional groups attached to an aromatic ring is 1. The van der Waals surface area contributed by atoms with Gasteiger partial charge in [0, 0.05) is 12.1 Å². The number of hydrogen-bond donors (Lipinski definition) is 2. The largest absolute Gasteiger partial charge is 0.384 e. The molecule has 0 aliphatic carbocycles. The van der Waals surface area contributed by atoms with Crippen LogP contribution in [0.5, 0.6) is 0 Å². The van der Waals surface area contributed by atoms with Crippen molar-refractivity contribution in [2.45, 2.75) is 6.54 Å². The third-order valence-corrected chi connectivity index (χ3v) is 4.84. The lowest BCUT2D eigenvalue weighted by Gasteiger charge is -2.13. The van der Waals surface area contributed by atoms with Crippen molar-refractivity contribution in [1.82, 2.24) is 4.57 Å². The topological polar surface area (TPSA) is 74.0 Å². The molecule has 4 heteroatoms. The molecule has 4 rings (SSSR count). The van der Waals surface area contributed by atoms with Crippen LogP contribution in [0, 0.1) is 0 Å². The summed E-state index contributed by atoms with van der Waals surface area (Å²) in [6.07, 6.45) is 0. The predicted octanol–water partition coefficient (Wildman–Crippen LogP) is 4.55. The molecule has 0 fully saturated rings. The zero-order valence-corrected chi connectivity index (χ0v) is 15.4. The maximum Gasteiger partial charge on any atom is 0.253 e. The van der Waals surface area contributed by atoms with E-state index in [1.54, 1.807) is 0 Å². The van der Waals surface area contributed by atoms with E-state index < -0.39 is 5.91 Å². The van der Waals surface area contributed by atoms with Gasteiger partial charge in [-0.15, -0.1) is 0 Å². The number of rotatable bonds is 5. The number of carbonyl (C=O) groups excluding carboxylic acids is 1. The Bertz CT molecular complexity index is 1100. The van der Waals surface area contributed by atoms with Crippen molar-refractivity contribution in [3.05, 3.63) is 102 Å². The van der Waals surface area contributed by atoms with E-state index in [9.17, 15) is 4.79 Å². The highest BCUT2D eigenvalue weighted by Gasteiger charge is 2.26. The average molecular weight is 367 g/mol. The molecule has 0 saturated heterocycles. The molecule has 0 aliphatic rings. The Hall–Kier alpha value is -3.79. The van der Waals surface area contributed by atoms with Crippen molar-refractivity contribution >= 4 is 11.7 Å². The van der Waals surface area contributed by atoms with Gasteiger partial charge >= 0.3 is 0 Å². The van der Waals surface area contributed by atoms with Crippen LogP contribution in [0.1, 0.15) is 15.9 Å². The average Bonchev–Trinajstić information content (AvgIpc) is 3.02. The minimum absolute atomic E-state index is 0.362. The van der Waals surface area contributed by atoms with Gasteiger partial charge in [-0.3, -0.25) is 4.79 Å². The number of nitrogens with zero attached hydrogens (tertiary/aromatic N) is 1. The number of hydrogen-bond acceptors (Lipinski definition) is 2. The van der Waals surface area contributed by atoms with Crippen molar-refractivity contribution in [1.29, 1.82) is 0 Å². The van der Waals surface area contributed by atoms with Crippen LogP contribution in [-0.4, -0.2) is 10.5 Å². The molecule has 138 valence electrons. The van der Waals surface area contributed by atoms with Crippen LogP contribution in [0.25, 0.3) is 22.4 Å². The Morgan fingerprint density at radius 3 is 1.79 bits per heavy atom. The van der Waals surface area contributed by atoms with E-state index in [2.05, 4.69) is 0 Å². The van der Waals surface area contributed by atoms with E-state index in [4.69, 9.17) is 11.5 Å². The highest BCUT2D eigenvalue weighted by Crippen LogP contribution is 2.40. The number of nitrogens with two attached hydrogens (primary N) is 2. The monoisotopic (exact) mass is 367 g/mol. The Morgan fingerprint density at radius 1 is 0.750 bits per heavy atom. The second kappa shape index (κ2) is 7.45. The molecule has 0 unspecified atom stereocenters. The van der Waals surface area contributed by atoms with E-state index in [-0.39, 0.29) is 0 Å². The van der Waals surface area contributed by atoms with Crippen LogP contribution in [0.4, 0.5) is 5.82 Å². The number of amides is 1. The van der Waals surface area contributed by atoms with Gasteiger partial charge in [-0.2, -0.15) is 0 Å². The third-order valence-electron chi connectivity index (χ3n) is 4.84. The number of carbonyl (C=O) groups is 1. The summed E-state index contributed by atoms with van der Waals surface area (Å²) in [7, 11) is 0. The quantitative estimate of drug-likeness (QED) is 0.543. The third kappa shape index (κ3) is 3.16. The van der Waals surface area contributed by atoms with Crippen molar-refractivity contribution < 1.29 is 4.79 Å². The summed E-state index contributed by atoms with van der Waals surface area (Å²) in [6, 6.07) is 29.8. The minimum atomic E-state index is -0.527. The molecular weight excluding hydrogens is 346 g/mol. The highest BCUT2D eigenvalue weighted by atomic mass is 16.1. The Kier molecular flexibility index (Phi) is 4.68. The number of benzene rings is 3. The molecule has 28 heavy (non-hydrogen) atoms. The number of anilines is 1. The summed E-state index contributed by atoms with van der Waals surface area (Å²) in [6.45, 7) is 0.546. The van der Waals surface area contributed by atoms with Crippen molar-refractivity contribution in [3.63, 3.8) is 0 Å². The predicted molar refractivity (Wildman–Crippen MR) is 114 cm³/mol. The van der Waals surface area contributed by atoms with Gasteiger partial charge in [0.2, 0.25) is 0 Å². The molecule has 0 saturated carbocycles. The molecule has 4 nitrogen and oxygen atoms in total. The normalized spacial score (nSPS) is 10.7. The van der Waals surface area contributed by atoms with Gasteiger partial charge in [0.05, 0.1) is 11.3 Å². The first-order valence-corrected chi connectivity index (χ1v) is 9.13. The lowest BCUT2D eigenvalue weighted by atomic mass is 9.97. The molecular formula is C24H21N3O. The number of aromatic nitrogens is 1. The first-order valence-electron chi connectivity index (χ1n) is 9.13. The zero-order valence-electron chi connectivity index (χ0n) is 15.4. The zero-order chi connectivity index (χ0) is 19.5. The van der Waals surface area contributed by atoms with Crippen molar-refractivity contribution in [2.75, 3.05) is 5.73 Å². The molecule has 1 heterocycles. The maximum absolute atomic E-state index is 12.4. The molecule has 3 aromatic carbocycles. The van der Waals surface area contributed by atoms with Crippen molar-refractivity contribution in [2.24, 2.45) is 5.73 Å². The van der Waals surface area contributed by atoms with Gasteiger partial charge in [-0.05, 0) is 16.7 Å². The summed E-state index contributed by atoms with van der Waals surface area (Å²) >= 11 is 0. The molecule has 1 amide bonds. The van der Waals surface area contributed by atoms with Gasteiger partial charge in [-0.25, -0.2) is 0 Å². The van der Waals surface area contributed by atoms with Crippen LogP contribution < -0.4 is 11.5 Å². The minimum Gasteiger partial charge on any atom is -0.384 e. The fourth-order valence-corrected chi connectivity index (χ4v) is 3.60. The molecule has 0 bridgehead atoms. The molecule has 0 spiro atoms. The van der Waals surface area contributed by atoms with E-state index in [1.807, 2.05) is 95.6 Å². The smallest absolute Gasteiger partial charge is 0.253 e. The summed E-state index contributed by atoms with van der Waals surface area (Å²) in [4.78, 5) is 12.4. The van der Waals surface area contributed by atoms with Crippen LogP contribution in [0.15, 0.2) is 91.0 Å². The lowest BCUT2D eigenvalue weighted by Crippen LogP contribution is -2.14. The van der Waals surface area contributed by atoms with Crippen LogP contribution >= 0.6 is 0 Å². The van der Waals surface area contributed by atoms with E-state index in [0.717, 1.165) is 27.9 Å². The standard InChI is InChI=1S/C24H21N3O/c25-23-21(24(26)28)20(18-12-6-2-7-13-18)22(19-14-8-3-9-15-19)27(23)16-17-10-4-1-5-11-17/h1-15H,16,25H2,(H2,26,28). The maximum atomic E-state index is 12.4. The van der Waals surface area contributed by atoms with Crippen LogP contribution in [0.3, 0.4) is 0 Å². The summed E-state index contributed by atoms with van der Waals surface area (Å²) < 4.78 is 1.98. The van der Waals surface area contributed by atoms with Gasteiger partial charge in [0.15, 0.2) is 0 Å². The summed E-state index contributed by atoms with van der Waals surface area (Å²) in [5, 5.41) is 0. The Labute approximate surface area is 164 Å². The lowest BCUT2D eigenvalue weighted by molar-refractivity contribution is 0.100. The Balaban J connectivity index is 2.04. The van der Waals surface area contributed by atoms with Crippen molar-refractivity contribution in [3.8, 4) is 22.4 Å². The van der Waals surface area contributed by atoms with Gasteiger partial charge in [-0.1, -0.05) is 91.0 Å². The highest BCUT2D eigenvalue weighted by molar-refractivity contribution is 6.08. The summed E-state index contributed by atoms with van der Waals surface area (Å²) in [5.41, 5.74) is 17.3. The fraction of sp³-hybridized carbons (Fsp3) is 0.0417.